The summed E-state index contributed by atoms with van der Waals surface area (Å²) in [6.45, 7) is -0.926. The van der Waals surface area contributed by atoms with E-state index in [1.54, 1.807) is 0 Å². The van der Waals surface area contributed by atoms with Gasteiger partial charge in [-0.2, -0.15) is 13.2 Å². The van der Waals surface area contributed by atoms with Gasteiger partial charge in [0.25, 0.3) is 0 Å². The number of ether oxygens (including phenoxy) is 2. The Labute approximate surface area is 267 Å². The van der Waals surface area contributed by atoms with Crippen molar-refractivity contribution in [2.45, 2.75) is 59.7 Å². The van der Waals surface area contributed by atoms with Crippen LogP contribution in [0.4, 0.5) is 31.1 Å². The Morgan fingerprint density at radius 3 is 2.36 bits per heavy atom. The van der Waals surface area contributed by atoms with Crippen molar-refractivity contribution < 1.29 is 61.0 Å². The van der Waals surface area contributed by atoms with E-state index in [0.717, 1.165) is 16.9 Å². The molecule has 6 atom stereocenters. The fourth-order valence-corrected chi connectivity index (χ4v) is 7.46. The predicted octanol–water partition coefficient (Wildman–Crippen LogP) is 3.43. The molecule has 47 heavy (non-hydrogen) atoms. The molecule has 3 aromatic rings. The Hall–Kier alpha value is -3.42. The summed E-state index contributed by atoms with van der Waals surface area (Å²) in [5.74, 6) is -4.71. The van der Waals surface area contributed by atoms with Crippen LogP contribution in [-0.2, 0) is 15.7 Å². The molecule has 18 heteroatoms. The van der Waals surface area contributed by atoms with Gasteiger partial charge in [-0.05, 0) is 36.6 Å². The normalized spacial score (nSPS) is 25.4. The lowest BCUT2D eigenvalue weighted by Crippen LogP contribution is -2.56. The van der Waals surface area contributed by atoms with Gasteiger partial charge < -0.3 is 34.8 Å². The first kappa shape index (κ1) is 34.9. The summed E-state index contributed by atoms with van der Waals surface area (Å²) in [7, 11) is 1.17. The minimum Gasteiger partial charge on any atom is -0.453 e. The number of halogens is 6. The number of rotatable bonds is 7. The molecule has 11 nitrogen and oxygen atoms in total. The number of likely N-dealkylation sites (tertiary alicyclic amines) is 1. The van der Waals surface area contributed by atoms with Gasteiger partial charge >= 0.3 is 12.3 Å². The summed E-state index contributed by atoms with van der Waals surface area (Å²) in [5.41, 5.74) is -5.16. The molecule has 0 unspecified atom stereocenters. The lowest BCUT2D eigenvalue weighted by molar-refractivity contribution is -0.179. The van der Waals surface area contributed by atoms with Crippen LogP contribution in [0.3, 0.4) is 0 Å². The molecular weight excluding hydrogens is 662 g/mol. The number of benzene rings is 2. The molecule has 0 aliphatic carbocycles. The molecule has 2 aromatic carbocycles. The number of aromatic nitrogens is 3. The molecule has 2 aliphatic heterocycles. The van der Waals surface area contributed by atoms with Crippen LogP contribution in [0.25, 0.3) is 11.3 Å². The number of hydrogen-bond acceptors (Lipinski definition) is 10. The van der Waals surface area contributed by atoms with E-state index in [4.69, 9.17) is 9.47 Å². The van der Waals surface area contributed by atoms with E-state index in [2.05, 4.69) is 10.3 Å². The van der Waals surface area contributed by atoms with Gasteiger partial charge in [-0.3, -0.25) is 0 Å². The SMILES string of the molecule is COC(=O)N1CCC(O)([C@@H](S[C@@H]2O[C@H](CO)[C@H](O)[C@H](n3cc(-c4cc(F)c(F)c(F)c4)nn3)[C@H]2O)c2ccccc2C(F)(F)F)CC1. The van der Waals surface area contributed by atoms with E-state index < -0.39 is 82.5 Å². The van der Waals surface area contributed by atoms with Gasteiger partial charge in [0.05, 0.1) is 36.3 Å². The number of thioether (sulfide) groups is 1. The summed E-state index contributed by atoms with van der Waals surface area (Å²) < 4.78 is 95.4. The van der Waals surface area contributed by atoms with Crippen molar-refractivity contribution in [3.63, 3.8) is 0 Å². The molecule has 0 spiro atoms. The number of aliphatic hydroxyl groups is 4. The van der Waals surface area contributed by atoms with Gasteiger partial charge in [-0.1, -0.05) is 23.4 Å². The smallest absolute Gasteiger partial charge is 0.416 e. The molecule has 2 fully saturated rings. The van der Waals surface area contributed by atoms with Crippen LogP contribution in [0.1, 0.15) is 35.3 Å². The van der Waals surface area contributed by atoms with Crippen LogP contribution in [-0.4, -0.2) is 103 Å². The van der Waals surface area contributed by atoms with E-state index >= 15 is 0 Å². The highest BCUT2D eigenvalue weighted by molar-refractivity contribution is 8.00. The van der Waals surface area contributed by atoms with E-state index in [0.29, 0.717) is 23.9 Å². The zero-order chi connectivity index (χ0) is 34.3. The molecule has 2 aliphatic rings. The highest BCUT2D eigenvalue weighted by atomic mass is 32.2. The molecule has 2 saturated heterocycles. The number of piperidine rings is 1. The van der Waals surface area contributed by atoms with Crippen molar-refractivity contribution in [2.75, 3.05) is 26.8 Å². The van der Waals surface area contributed by atoms with Gasteiger partial charge in [0.2, 0.25) is 0 Å². The monoisotopic (exact) mass is 692 g/mol. The molecule has 0 radical (unpaired) electrons. The second-order valence-electron chi connectivity index (χ2n) is 11.2. The number of carbonyl (C=O) groups excluding carboxylic acids is 1. The van der Waals surface area contributed by atoms with Crippen LogP contribution in [0.2, 0.25) is 0 Å². The Bertz CT molecular complexity index is 1570. The van der Waals surface area contributed by atoms with E-state index in [1.165, 1.54) is 30.2 Å². The molecule has 1 amide bonds. The third-order valence-corrected chi connectivity index (χ3v) is 9.94. The molecule has 3 heterocycles. The molecule has 5 rings (SSSR count). The van der Waals surface area contributed by atoms with Gasteiger partial charge in [0, 0.05) is 18.7 Å². The second kappa shape index (κ2) is 13.6. The van der Waals surface area contributed by atoms with Crippen molar-refractivity contribution in [2.24, 2.45) is 0 Å². The number of hydrogen-bond donors (Lipinski definition) is 4. The standard InChI is InChI=1S/C29H30F6N4O7S/c1-45-27(43)38-8-6-28(44,7-9-38)25(15-4-2-3-5-16(15)29(33,34)35)47-26-24(42)22(23(41)20(13-40)46-26)39-12-19(36-37-39)14-10-17(30)21(32)18(31)11-14/h2-5,10-12,20,22-26,40-42,44H,6-9,13H2,1H3/t20-,22+,23+,24-,25+,26+/m1/s1. The van der Waals surface area contributed by atoms with Gasteiger partial charge in [0.15, 0.2) is 17.5 Å². The number of nitrogens with zero attached hydrogens (tertiary/aromatic N) is 4. The predicted molar refractivity (Wildman–Crippen MR) is 152 cm³/mol. The number of aliphatic hydroxyl groups excluding tert-OH is 3. The summed E-state index contributed by atoms with van der Waals surface area (Å²) in [6, 6.07) is 4.41. The molecular formula is C29H30F6N4O7S. The zero-order valence-corrected chi connectivity index (χ0v) is 25.3. The number of methoxy groups -OCH3 is 1. The average Bonchev–Trinajstić information content (AvgIpc) is 3.52. The van der Waals surface area contributed by atoms with Crippen molar-refractivity contribution in [3.8, 4) is 11.3 Å². The number of alkyl halides is 3. The lowest BCUT2D eigenvalue weighted by atomic mass is 9.83. The summed E-state index contributed by atoms with van der Waals surface area (Å²) in [4.78, 5) is 13.4. The maximum atomic E-state index is 14.2. The maximum Gasteiger partial charge on any atom is 0.416 e. The van der Waals surface area contributed by atoms with Crippen molar-refractivity contribution >= 4 is 17.9 Å². The minimum atomic E-state index is -4.84. The van der Waals surface area contributed by atoms with Gasteiger partial charge in [-0.25, -0.2) is 22.6 Å². The summed E-state index contributed by atoms with van der Waals surface area (Å²) in [5, 5.41) is 50.6. The first-order chi connectivity index (χ1) is 22.2. The van der Waals surface area contributed by atoms with E-state index in [1.807, 2.05) is 0 Å². The molecule has 4 N–H and O–H groups in total. The Morgan fingerprint density at radius 1 is 1.13 bits per heavy atom. The van der Waals surface area contributed by atoms with Crippen molar-refractivity contribution in [1.82, 2.24) is 19.9 Å². The van der Waals surface area contributed by atoms with Crippen molar-refractivity contribution in [1.29, 1.82) is 0 Å². The third kappa shape index (κ3) is 6.93. The maximum absolute atomic E-state index is 14.2. The van der Waals surface area contributed by atoms with Gasteiger partial charge in [-0.15, -0.1) is 16.9 Å². The number of amides is 1. The van der Waals surface area contributed by atoms with Crippen LogP contribution in [0.15, 0.2) is 42.6 Å². The minimum absolute atomic E-state index is 0.0601. The van der Waals surface area contributed by atoms with E-state index in [-0.39, 0.29) is 42.8 Å². The second-order valence-corrected chi connectivity index (χ2v) is 12.4. The fraction of sp³-hybridized carbons (Fsp3) is 0.483. The summed E-state index contributed by atoms with van der Waals surface area (Å²) in [6.07, 6.45) is -9.64. The van der Waals surface area contributed by atoms with Crippen LogP contribution < -0.4 is 0 Å². The Kier molecular flexibility index (Phi) is 10.1. The summed E-state index contributed by atoms with van der Waals surface area (Å²) >= 11 is 0.625. The lowest BCUT2D eigenvalue weighted by Gasteiger charge is -2.47. The topological polar surface area (TPSA) is 150 Å². The van der Waals surface area contributed by atoms with E-state index in [9.17, 15) is 51.6 Å². The van der Waals surface area contributed by atoms with Crippen LogP contribution >= 0.6 is 11.8 Å². The van der Waals surface area contributed by atoms with Crippen molar-refractivity contribution in [3.05, 3.63) is 71.2 Å². The molecule has 0 saturated carbocycles. The quantitative estimate of drug-likeness (QED) is 0.214. The first-order valence-corrected chi connectivity index (χ1v) is 15.2. The number of carbonyl (C=O) groups is 1. The molecule has 256 valence electrons. The Morgan fingerprint density at radius 2 is 1.77 bits per heavy atom. The average molecular weight is 693 g/mol. The van der Waals surface area contributed by atoms with Crippen LogP contribution in [0.5, 0.6) is 0 Å². The highest BCUT2D eigenvalue weighted by Gasteiger charge is 2.51. The van der Waals surface area contributed by atoms with Gasteiger partial charge in [0.1, 0.15) is 35.5 Å². The molecule has 1 aromatic heterocycles. The van der Waals surface area contributed by atoms with Crippen LogP contribution in [0, 0.1) is 17.5 Å². The first-order valence-electron chi connectivity index (χ1n) is 14.2. The largest absolute Gasteiger partial charge is 0.453 e. The molecule has 0 bridgehead atoms. The fourth-order valence-electron chi connectivity index (χ4n) is 5.83. The Balaban J connectivity index is 1.51. The zero-order valence-electron chi connectivity index (χ0n) is 24.5. The third-order valence-electron chi connectivity index (χ3n) is 8.31. The highest BCUT2D eigenvalue weighted by Crippen LogP contribution is 2.51.